The summed E-state index contributed by atoms with van der Waals surface area (Å²) in [4.78, 5) is 39.1. The van der Waals surface area contributed by atoms with Gasteiger partial charge >= 0.3 is 0 Å². The number of piperidine rings is 1. The van der Waals surface area contributed by atoms with Gasteiger partial charge in [0.15, 0.2) is 0 Å². The number of thiophene rings is 1. The van der Waals surface area contributed by atoms with E-state index in [1.54, 1.807) is 11.0 Å². The van der Waals surface area contributed by atoms with Crippen LogP contribution in [0.15, 0.2) is 47.8 Å². The molecule has 3 amide bonds. The molecule has 7 heteroatoms. The Labute approximate surface area is 156 Å². The Morgan fingerprint density at radius 2 is 1.88 bits per heavy atom. The third kappa shape index (κ3) is 4.70. The molecule has 1 atom stereocenters. The number of carbonyl (C=O) groups excluding carboxylic acids is 3. The van der Waals surface area contributed by atoms with E-state index in [1.165, 1.54) is 11.3 Å². The second kappa shape index (κ2) is 8.62. The lowest BCUT2D eigenvalue weighted by molar-refractivity contribution is -0.131. The fourth-order valence-corrected chi connectivity index (χ4v) is 3.68. The number of hydrogen-bond acceptors (Lipinski definition) is 4. The Kier molecular flexibility index (Phi) is 6.01. The first-order valence-corrected chi connectivity index (χ1v) is 9.47. The van der Waals surface area contributed by atoms with E-state index in [0.29, 0.717) is 24.4 Å². The van der Waals surface area contributed by atoms with Crippen LogP contribution in [0.2, 0.25) is 0 Å². The fourth-order valence-electron chi connectivity index (χ4n) is 2.99. The van der Waals surface area contributed by atoms with E-state index in [2.05, 4.69) is 10.9 Å². The molecule has 0 radical (unpaired) electrons. The zero-order chi connectivity index (χ0) is 18.4. The molecular weight excluding hydrogens is 350 g/mol. The van der Waals surface area contributed by atoms with Crippen LogP contribution in [0.25, 0.3) is 0 Å². The standard InChI is InChI=1S/C19H21N3O3S/c23-17(12-14-6-2-1-3-7-14)20-21-18(24)15-8-4-10-22(13-15)19(25)16-9-5-11-26-16/h1-3,5-7,9,11,15H,4,8,10,12-13H2,(H,20,23)(H,21,24). The molecule has 1 aromatic heterocycles. The van der Waals surface area contributed by atoms with E-state index in [1.807, 2.05) is 41.8 Å². The van der Waals surface area contributed by atoms with Gasteiger partial charge in [0, 0.05) is 13.1 Å². The Morgan fingerprint density at radius 3 is 2.62 bits per heavy atom. The number of amides is 3. The summed E-state index contributed by atoms with van der Waals surface area (Å²) in [5.74, 6) is -0.878. The zero-order valence-corrected chi connectivity index (χ0v) is 15.1. The van der Waals surface area contributed by atoms with Gasteiger partial charge in [-0.1, -0.05) is 36.4 Å². The van der Waals surface area contributed by atoms with Crippen molar-refractivity contribution in [2.45, 2.75) is 19.3 Å². The van der Waals surface area contributed by atoms with Crippen molar-refractivity contribution in [3.63, 3.8) is 0 Å². The van der Waals surface area contributed by atoms with Crippen molar-refractivity contribution in [3.8, 4) is 0 Å². The van der Waals surface area contributed by atoms with Crippen LogP contribution in [-0.4, -0.2) is 35.7 Å². The van der Waals surface area contributed by atoms with Gasteiger partial charge in [-0.25, -0.2) is 0 Å². The number of nitrogens with one attached hydrogen (secondary N) is 2. The lowest BCUT2D eigenvalue weighted by Gasteiger charge is -2.31. The third-order valence-electron chi connectivity index (χ3n) is 4.34. The first-order chi connectivity index (χ1) is 12.6. The molecule has 2 aromatic rings. The average molecular weight is 371 g/mol. The molecule has 2 N–H and O–H groups in total. The van der Waals surface area contributed by atoms with Gasteiger partial charge in [0.05, 0.1) is 17.2 Å². The molecule has 0 saturated carbocycles. The molecule has 1 unspecified atom stereocenters. The predicted octanol–water partition coefficient (Wildman–Crippen LogP) is 1.99. The molecular formula is C19H21N3O3S. The lowest BCUT2D eigenvalue weighted by atomic mass is 9.97. The molecule has 0 bridgehead atoms. The minimum absolute atomic E-state index is 0.0365. The summed E-state index contributed by atoms with van der Waals surface area (Å²) >= 11 is 1.40. The van der Waals surface area contributed by atoms with Gasteiger partial charge in [0.25, 0.3) is 5.91 Å². The summed E-state index contributed by atoms with van der Waals surface area (Å²) < 4.78 is 0. The number of carbonyl (C=O) groups is 3. The van der Waals surface area contributed by atoms with Gasteiger partial charge in [-0.15, -0.1) is 11.3 Å². The Hall–Kier alpha value is -2.67. The molecule has 6 nitrogen and oxygen atoms in total. The van der Waals surface area contributed by atoms with E-state index < -0.39 is 0 Å². The van der Waals surface area contributed by atoms with Crippen molar-refractivity contribution in [2.75, 3.05) is 13.1 Å². The number of benzene rings is 1. The van der Waals surface area contributed by atoms with Crippen molar-refractivity contribution < 1.29 is 14.4 Å². The smallest absolute Gasteiger partial charge is 0.263 e. The first kappa shape index (κ1) is 18.1. The summed E-state index contributed by atoms with van der Waals surface area (Å²) in [6.07, 6.45) is 1.68. The SMILES string of the molecule is O=C(Cc1ccccc1)NNC(=O)C1CCCN(C(=O)c2cccs2)C1. The Balaban J connectivity index is 1.48. The van der Waals surface area contributed by atoms with Crippen LogP contribution in [-0.2, 0) is 16.0 Å². The van der Waals surface area contributed by atoms with E-state index in [9.17, 15) is 14.4 Å². The number of hydrogen-bond donors (Lipinski definition) is 2. The van der Waals surface area contributed by atoms with Crippen LogP contribution in [0.5, 0.6) is 0 Å². The van der Waals surface area contributed by atoms with Gasteiger partial charge in [-0.2, -0.15) is 0 Å². The quantitative estimate of drug-likeness (QED) is 0.807. The Morgan fingerprint density at radius 1 is 1.08 bits per heavy atom. The van der Waals surface area contributed by atoms with Crippen LogP contribution in [0.4, 0.5) is 0 Å². The molecule has 3 rings (SSSR count). The Bertz CT molecular complexity index is 762. The monoisotopic (exact) mass is 371 g/mol. The van der Waals surface area contributed by atoms with Gasteiger partial charge in [-0.05, 0) is 29.9 Å². The van der Waals surface area contributed by atoms with Crippen LogP contribution >= 0.6 is 11.3 Å². The summed E-state index contributed by atoms with van der Waals surface area (Å²) in [7, 11) is 0. The maximum absolute atomic E-state index is 12.4. The molecule has 136 valence electrons. The molecule has 0 aliphatic carbocycles. The van der Waals surface area contributed by atoms with Crippen molar-refractivity contribution in [1.82, 2.24) is 15.8 Å². The highest BCUT2D eigenvalue weighted by Crippen LogP contribution is 2.20. The largest absolute Gasteiger partial charge is 0.337 e. The molecule has 1 aliphatic rings. The van der Waals surface area contributed by atoms with Gasteiger partial charge in [0.2, 0.25) is 11.8 Å². The van der Waals surface area contributed by atoms with Crippen molar-refractivity contribution >= 4 is 29.1 Å². The number of likely N-dealkylation sites (tertiary alicyclic amines) is 1. The van der Waals surface area contributed by atoms with Crippen molar-refractivity contribution in [1.29, 1.82) is 0 Å². The molecule has 1 fully saturated rings. The molecule has 26 heavy (non-hydrogen) atoms. The van der Waals surface area contributed by atoms with Gasteiger partial charge in [-0.3, -0.25) is 25.2 Å². The summed E-state index contributed by atoms with van der Waals surface area (Å²) in [6.45, 7) is 1.03. The van der Waals surface area contributed by atoms with Crippen molar-refractivity contribution in [2.24, 2.45) is 5.92 Å². The number of hydrazine groups is 1. The van der Waals surface area contributed by atoms with Crippen LogP contribution in [0.1, 0.15) is 28.1 Å². The molecule has 1 saturated heterocycles. The number of rotatable bonds is 4. The second-order valence-electron chi connectivity index (χ2n) is 6.27. The summed E-state index contributed by atoms with van der Waals surface area (Å²) in [6, 6.07) is 13.0. The van der Waals surface area contributed by atoms with Crippen LogP contribution in [0, 0.1) is 5.92 Å². The van der Waals surface area contributed by atoms with Gasteiger partial charge in [0.1, 0.15) is 0 Å². The van der Waals surface area contributed by atoms with E-state index in [-0.39, 0.29) is 30.1 Å². The fraction of sp³-hybridized carbons (Fsp3) is 0.316. The van der Waals surface area contributed by atoms with E-state index >= 15 is 0 Å². The highest BCUT2D eigenvalue weighted by Gasteiger charge is 2.29. The highest BCUT2D eigenvalue weighted by atomic mass is 32.1. The van der Waals surface area contributed by atoms with Gasteiger partial charge < -0.3 is 4.90 Å². The van der Waals surface area contributed by atoms with Crippen LogP contribution < -0.4 is 10.9 Å². The maximum atomic E-state index is 12.4. The second-order valence-corrected chi connectivity index (χ2v) is 7.22. The third-order valence-corrected chi connectivity index (χ3v) is 5.20. The summed E-state index contributed by atoms with van der Waals surface area (Å²) in [5, 5.41) is 1.86. The normalized spacial score (nSPS) is 16.8. The molecule has 1 aliphatic heterocycles. The maximum Gasteiger partial charge on any atom is 0.263 e. The minimum Gasteiger partial charge on any atom is -0.337 e. The van der Waals surface area contributed by atoms with E-state index in [4.69, 9.17) is 0 Å². The number of nitrogens with zero attached hydrogens (tertiary/aromatic N) is 1. The van der Waals surface area contributed by atoms with E-state index in [0.717, 1.165) is 12.0 Å². The minimum atomic E-state index is -0.315. The summed E-state index contributed by atoms with van der Waals surface area (Å²) in [5.41, 5.74) is 5.83. The molecule has 1 aromatic carbocycles. The predicted molar refractivity (Wildman–Crippen MR) is 99.4 cm³/mol. The van der Waals surface area contributed by atoms with Crippen LogP contribution in [0.3, 0.4) is 0 Å². The van der Waals surface area contributed by atoms with Crippen molar-refractivity contribution in [3.05, 3.63) is 58.3 Å². The molecule has 2 heterocycles. The lowest BCUT2D eigenvalue weighted by Crippen LogP contribution is -2.50. The topological polar surface area (TPSA) is 78.5 Å². The molecule has 0 spiro atoms. The zero-order valence-electron chi connectivity index (χ0n) is 14.3. The first-order valence-electron chi connectivity index (χ1n) is 8.59. The average Bonchev–Trinajstić information content (AvgIpc) is 3.21. The highest BCUT2D eigenvalue weighted by molar-refractivity contribution is 7.12.